The van der Waals surface area contributed by atoms with Crippen molar-refractivity contribution in [3.63, 3.8) is 0 Å². The minimum Gasteiger partial charge on any atom is -0.399 e. The van der Waals surface area contributed by atoms with Crippen LogP contribution in [0.4, 0.5) is 5.69 Å². The minimum atomic E-state index is 0.792. The second-order valence-electron chi connectivity index (χ2n) is 3.81. The van der Waals surface area contributed by atoms with Crippen LogP contribution in [0.5, 0.6) is 0 Å². The van der Waals surface area contributed by atoms with Gasteiger partial charge in [-0.2, -0.15) is 16.9 Å². The second kappa shape index (κ2) is 5.77. The summed E-state index contributed by atoms with van der Waals surface area (Å²) < 4.78 is 1.99. The van der Waals surface area contributed by atoms with Gasteiger partial charge >= 0.3 is 0 Å². The van der Waals surface area contributed by atoms with Crippen LogP contribution >= 0.6 is 11.8 Å². The first-order valence-corrected chi connectivity index (χ1v) is 6.91. The lowest BCUT2D eigenvalue weighted by Crippen LogP contribution is -2.00. The summed E-state index contributed by atoms with van der Waals surface area (Å²) in [6, 6.07) is 7.88. The van der Waals surface area contributed by atoms with Crippen molar-refractivity contribution >= 4 is 17.4 Å². The third-order valence-corrected chi connectivity index (χ3v) is 3.43. The van der Waals surface area contributed by atoms with Crippen molar-refractivity contribution in [2.75, 3.05) is 17.2 Å². The highest BCUT2D eigenvalue weighted by Crippen LogP contribution is 2.19. The van der Waals surface area contributed by atoms with E-state index in [2.05, 4.69) is 18.2 Å². The fourth-order valence-corrected chi connectivity index (χ4v) is 2.22. The number of thioether (sulfide) groups is 1. The smallest absolute Gasteiger partial charge is 0.0568 e. The molecule has 1 aromatic carbocycles. The number of nitrogen functional groups attached to an aromatic ring is 1. The zero-order valence-electron chi connectivity index (χ0n) is 9.97. The van der Waals surface area contributed by atoms with Gasteiger partial charge in [-0.1, -0.05) is 19.1 Å². The van der Waals surface area contributed by atoms with Crippen molar-refractivity contribution in [1.29, 1.82) is 0 Å². The SMILES string of the molecule is CCSCCn1cc(-c2ccc(N)cc2)cn1. The molecule has 2 aromatic rings. The van der Waals surface area contributed by atoms with E-state index in [1.807, 2.05) is 46.9 Å². The molecule has 0 bridgehead atoms. The third-order valence-electron chi connectivity index (χ3n) is 2.55. The van der Waals surface area contributed by atoms with Crippen LogP contribution in [-0.4, -0.2) is 21.3 Å². The number of nitrogens with zero attached hydrogens (tertiary/aromatic N) is 2. The second-order valence-corrected chi connectivity index (χ2v) is 5.20. The van der Waals surface area contributed by atoms with Gasteiger partial charge in [0.15, 0.2) is 0 Å². The van der Waals surface area contributed by atoms with Gasteiger partial charge in [-0.25, -0.2) is 0 Å². The third kappa shape index (κ3) is 3.27. The van der Waals surface area contributed by atoms with Gasteiger partial charge in [0, 0.05) is 29.7 Å². The van der Waals surface area contributed by atoms with E-state index in [0.29, 0.717) is 0 Å². The monoisotopic (exact) mass is 247 g/mol. The van der Waals surface area contributed by atoms with Crippen LogP contribution < -0.4 is 5.73 Å². The molecule has 1 heterocycles. The molecular formula is C13H17N3S. The first-order chi connectivity index (χ1) is 8.29. The highest BCUT2D eigenvalue weighted by Gasteiger charge is 2.01. The number of hydrogen-bond acceptors (Lipinski definition) is 3. The standard InChI is InChI=1S/C13H17N3S/c1-2-17-8-7-16-10-12(9-15-16)11-3-5-13(14)6-4-11/h3-6,9-10H,2,7-8,14H2,1H3. The Balaban J connectivity index is 2.04. The average molecular weight is 247 g/mol. The largest absolute Gasteiger partial charge is 0.399 e. The average Bonchev–Trinajstić information content (AvgIpc) is 2.79. The molecule has 0 saturated heterocycles. The molecule has 0 saturated carbocycles. The maximum absolute atomic E-state index is 5.67. The maximum Gasteiger partial charge on any atom is 0.0568 e. The van der Waals surface area contributed by atoms with Crippen LogP contribution in [0.3, 0.4) is 0 Å². The van der Waals surface area contributed by atoms with E-state index in [-0.39, 0.29) is 0 Å². The maximum atomic E-state index is 5.67. The topological polar surface area (TPSA) is 43.8 Å². The van der Waals surface area contributed by atoms with E-state index < -0.39 is 0 Å². The van der Waals surface area contributed by atoms with Gasteiger partial charge in [0.1, 0.15) is 0 Å². The lowest BCUT2D eigenvalue weighted by atomic mass is 10.1. The summed E-state index contributed by atoms with van der Waals surface area (Å²) in [6.45, 7) is 3.14. The van der Waals surface area contributed by atoms with Crippen LogP contribution in [0.25, 0.3) is 11.1 Å². The summed E-state index contributed by atoms with van der Waals surface area (Å²) in [6.07, 6.45) is 3.99. The van der Waals surface area contributed by atoms with Crippen molar-refractivity contribution in [2.24, 2.45) is 0 Å². The van der Waals surface area contributed by atoms with Crippen LogP contribution in [0, 0.1) is 0 Å². The van der Waals surface area contributed by atoms with Crippen LogP contribution in [0.1, 0.15) is 6.92 Å². The van der Waals surface area contributed by atoms with Gasteiger partial charge in [-0.05, 0) is 23.4 Å². The Morgan fingerprint density at radius 1 is 1.24 bits per heavy atom. The van der Waals surface area contributed by atoms with E-state index in [1.165, 1.54) is 0 Å². The Labute approximate surface area is 106 Å². The predicted octanol–water partition coefficient (Wildman–Crippen LogP) is 2.89. The van der Waals surface area contributed by atoms with Crippen LogP contribution in [0.2, 0.25) is 0 Å². The number of nitrogens with two attached hydrogens (primary N) is 1. The summed E-state index contributed by atoms with van der Waals surface area (Å²) in [5, 5.41) is 4.36. The quantitative estimate of drug-likeness (QED) is 0.652. The van der Waals surface area contributed by atoms with Crippen LogP contribution in [0.15, 0.2) is 36.7 Å². The molecule has 2 rings (SSSR count). The fraction of sp³-hybridized carbons (Fsp3) is 0.308. The molecule has 0 aliphatic carbocycles. The van der Waals surface area contributed by atoms with Crippen molar-refractivity contribution < 1.29 is 0 Å². The first-order valence-electron chi connectivity index (χ1n) is 5.75. The Hall–Kier alpha value is -1.42. The van der Waals surface area contributed by atoms with Gasteiger partial charge in [0.05, 0.1) is 6.20 Å². The Morgan fingerprint density at radius 3 is 2.71 bits per heavy atom. The molecule has 0 fully saturated rings. The highest BCUT2D eigenvalue weighted by atomic mass is 32.2. The molecule has 0 unspecified atom stereocenters. The van der Waals surface area contributed by atoms with Crippen molar-refractivity contribution in [3.8, 4) is 11.1 Å². The van der Waals surface area contributed by atoms with E-state index in [4.69, 9.17) is 5.73 Å². The summed E-state index contributed by atoms with van der Waals surface area (Å²) in [4.78, 5) is 0. The molecule has 2 N–H and O–H groups in total. The fourth-order valence-electron chi connectivity index (χ4n) is 1.61. The van der Waals surface area contributed by atoms with Crippen LogP contribution in [-0.2, 0) is 6.54 Å². The lowest BCUT2D eigenvalue weighted by Gasteiger charge is -2.00. The van der Waals surface area contributed by atoms with Gasteiger partial charge in [0.2, 0.25) is 0 Å². The van der Waals surface area contributed by atoms with Crippen molar-refractivity contribution in [1.82, 2.24) is 9.78 Å². The molecule has 17 heavy (non-hydrogen) atoms. The van der Waals surface area contributed by atoms with E-state index >= 15 is 0 Å². The molecule has 3 nitrogen and oxygen atoms in total. The number of aromatic nitrogens is 2. The minimum absolute atomic E-state index is 0.792. The highest BCUT2D eigenvalue weighted by molar-refractivity contribution is 7.99. The molecule has 0 aliphatic rings. The number of anilines is 1. The Bertz CT molecular complexity index is 462. The van der Waals surface area contributed by atoms with Gasteiger partial charge in [0.25, 0.3) is 0 Å². The van der Waals surface area contributed by atoms with E-state index in [0.717, 1.165) is 34.9 Å². The predicted molar refractivity (Wildman–Crippen MR) is 75.1 cm³/mol. The first kappa shape index (κ1) is 12.0. The summed E-state index contributed by atoms with van der Waals surface area (Å²) in [5.74, 6) is 2.27. The number of aryl methyl sites for hydroxylation is 1. The Kier molecular flexibility index (Phi) is 4.09. The summed E-state index contributed by atoms with van der Waals surface area (Å²) in [5.41, 5.74) is 8.77. The molecule has 0 radical (unpaired) electrons. The molecule has 0 spiro atoms. The van der Waals surface area contributed by atoms with Gasteiger partial charge in [-0.3, -0.25) is 4.68 Å². The van der Waals surface area contributed by atoms with Crippen molar-refractivity contribution in [3.05, 3.63) is 36.7 Å². The number of rotatable bonds is 5. The van der Waals surface area contributed by atoms with Gasteiger partial charge < -0.3 is 5.73 Å². The summed E-state index contributed by atoms with van der Waals surface area (Å²) in [7, 11) is 0. The molecule has 0 amide bonds. The Morgan fingerprint density at radius 2 is 2.00 bits per heavy atom. The number of benzene rings is 1. The van der Waals surface area contributed by atoms with E-state index in [9.17, 15) is 0 Å². The zero-order valence-corrected chi connectivity index (χ0v) is 10.8. The molecule has 0 atom stereocenters. The number of hydrogen-bond donors (Lipinski definition) is 1. The summed E-state index contributed by atoms with van der Waals surface area (Å²) >= 11 is 1.93. The van der Waals surface area contributed by atoms with E-state index in [1.54, 1.807) is 0 Å². The molecule has 4 heteroatoms. The lowest BCUT2D eigenvalue weighted by molar-refractivity contribution is 0.666. The molecule has 90 valence electrons. The zero-order chi connectivity index (χ0) is 12.1. The van der Waals surface area contributed by atoms with Gasteiger partial charge in [-0.15, -0.1) is 0 Å². The molecule has 0 aliphatic heterocycles. The molecular weight excluding hydrogens is 230 g/mol. The normalized spacial score (nSPS) is 10.6. The van der Waals surface area contributed by atoms with Crippen molar-refractivity contribution in [2.45, 2.75) is 13.5 Å². The molecule has 1 aromatic heterocycles.